The number of ether oxygens (including phenoxy) is 1. The van der Waals surface area contributed by atoms with E-state index in [0.717, 1.165) is 31.9 Å². The number of hydrogen-bond acceptors (Lipinski definition) is 7. The summed E-state index contributed by atoms with van der Waals surface area (Å²) < 4.78 is 20.5. The maximum Gasteiger partial charge on any atom is 0.270 e. The SMILES string of the molecule is COc1ncc(F)cc1Cn1cc(NC(=O)C(NC(=O)C(C=CN)=NC(C)C)C(C2CC2)C2CC2)cn1. The van der Waals surface area contributed by atoms with E-state index in [1.165, 1.54) is 31.6 Å². The van der Waals surface area contributed by atoms with Crippen molar-refractivity contribution in [3.63, 3.8) is 0 Å². The molecule has 198 valence electrons. The summed E-state index contributed by atoms with van der Waals surface area (Å²) in [7, 11) is 1.46. The maximum atomic E-state index is 13.7. The first-order chi connectivity index (χ1) is 17.8. The first-order valence-corrected chi connectivity index (χ1v) is 12.6. The fraction of sp³-hybridized carbons (Fsp3) is 0.500. The molecule has 0 spiro atoms. The number of aromatic nitrogens is 3. The Hall–Kier alpha value is -3.76. The molecule has 1 atom stereocenters. The number of aliphatic imine (C=N–C) groups is 1. The van der Waals surface area contributed by atoms with Crippen LogP contribution in [0.1, 0.15) is 45.1 Å². The molecule has 4 rings (SSSR count). The highest BCUT2D eigenvalue weighted by atomic mass is 19.1. The zero-order chi connectivity index (χ0) is 26.5. The standard InChI is InChI=1S/C26H34FN7O3/c1-15(2)31-21(8-9-28)24(35)33-23(22(16-4-5-16)17-6-7-17)25(36)32-20-12-30-34(14-20)13-18-10-19(27)11-29-26(18)37-3/h8-12,14-17,22-23H,4-7,13,28H2,1-3H3,(H,32,36)(H,33,35). The van der Waals surface area contributed by atoms with Crippen LogP contribution >= 0.6 is 0 Å². The number of carbonyl (C=O) groups excluding carboxylic acids is 2. The van der Waals surface area contributed by atoms with Crippen LogP contribution in [-0.2, 0) is 16.1 Å². The maximum absolute atomic E-state index is 13.7. The second-order valence-electron chi connectivity index (χ2n) is 9.91. The van der Waals surface area contributed by atoms with Crippen molar-refractivity contribution in [2.45, 2.75) is 58.2 Å². The third-order valence-electron chi connectivity index (χ3n) is 6.49. The number of anilines is 1. The molecule has 2 aromatic rings. The van der Waals surface area contributed by atoms with Gasteiger partial charge in [0.05, 0.1) is 31.7 Å². The van der Waals surface area contributed by atoms with E-state index in [0.29, 0.717) is 29.0 Å². The third-order valence-corrected chi connectivity index (χ3v) is 6.49. The van der Waals surface area contributed by atoms with Gasteiger partial charge in [-0.3, -0.25) is 19.3 Å². The summed E-state index contributed by atoms with van der Waals surface area (Å²) in [5, 5.41) is 10.1. The molecular weight excluding hydrogens is 477 g/mol. The van der Waals surface area contributed by atoms with E-state index in [2.05, 4.69) is 25.7 Å². The number of halogens is 1. The normalized spacial score (nSPS) is 16.9. The number of amides is 2. The van der Waals surface area contributed by atoms with Crippen molar-refractivity contribution in [1.82, 2.24) is 20.1 Å². The second-order valence-corrected chi connectivity index (χ2v) is 9.91. The Bertz CT molecular complexity index is 1170. The Balaban J connectivity index is 1.51. The molecule has 0 aliphatic heterocycles. The molecule has 11 heteroatoms. The van der Waals surface area contributed by atoms with Crippen molar-refractivity contribution in [3.8, 4) is 5.88 Å². The summed E-state index contributed by atoms with van der Waals surface area (Å²) >= 11 is 0. The van der Waals surface area contributed by atoms with Gasteiger partial charge in [-0.25, -0.2) is 9.37 Å². The van der Waals surface area contributed by atoms with Gasteiger partial charge in [0.25, 0.3) is 5.91 Å². The zero-order valence-electron chi connectivity index (χ0n) is 21.4. The highest BCUT2D eigenvalue weighted by Crippen LogP contribution is 2.50. The van der Waals surface area contributed by atoms with Crippen molar-refractivity contribution in [2.75, 3.05) is 12.4 Å². The monoisotopic (exact) mass is 511 g/mol. The summed E-state index contributed by atoms with van der Waals surface area (Å²) in [6.07, 6.45) is 11.2. The topological polar surface area (TPSA) is 137 Å². The van der Waals surface area contributed by atoms with Crippen LogP contribution in [0, 0.1) is 23.6 Å². The molecule has 37 heavy (non-hydrogen) atoms. The molecule has 1 unspecified atom stereocenters. The molecule has 2 aliphatic carbocycles. The van der Waals surface area contributed by atoms with Crippen molar-refractivity contribution in [3.05, 3.63) is 48.3 Å². The van der Waals surface area contributed by atoms with Gasteiger partial charge in [-0.15, -0.1) is 0 Å². The van der Waals surface area contributed by atoms with E-state index in [1.807, 2.05) is 13.8 Å². The van der Waals surface area contributed by atoms with Crippen LogP contribution in [0.5, 0.6) is 5.88 Å². The fourth-order valence-corrected chi connectivity index (χ4v) is 4.66. The van der Waals surface area contributed by atoms with Crippen LogP contribution in [0.15, 0.2) is 41.9 Å². The lowest BCUT2D eigenvalue weighted by Crippen LogP contribution is -2.51. The molecule has 2 aromatic heterocycles. The number of methoxy groups -OCH3 is 1. The van der Waals surface area contributed by atoms with Gasteiger partial charge < -0.3 is 21.1 Å². The third kappa shape index (κ3) is 6.93. The zero-order valence-corrected chi connectivity index (χ0v) is 21.4. The van der Waals surface area contributed by atoms with E-state index in [9.17, 15) is 14.0 Å². The van der Waals surface area contributed by atoms with Crippen LogP contribution in [0.4, 0.5) is 10.1 Å². The number of rotatable bonds is 12. The minimum Gasteiger partial charge on any atom is -0.481 e. The molecule has 2 aliphatic rings. The number of nitrogens with zero attached hydrogens (tertiary/aromatic N) is 4. The van der Waals surface area contributed by atoms with E-state index >= 15 is 0 Å². The van der Waals surface area contributed by atoms with Gasteiger partial charge in [-0.05, 0) is 75.6 Å². The van der Waals surface area contributed by atoms with Gasteiger partial charge >= 0.3 is 0 Å². The smallest absolute Gasteiger partial charge is 0.270 e. The molecular formula is C26H34FN7O3. The summed E-state index contributed by atoms with van der Waals surface area (Å²) in [5.41, 5.74) is 6.70. The molecule has 10 nitrogen and oxygen atoms in total. The number of nitrogens with one attached hydrogen (secondary N) is 2. The first-order valence-electron chi connectivity index (χ1n) is 12.6. The van der Waals surface area contributed by atoms with Crippen LogP contribution < -0.4 is 21.1 Å². The quantitative estimate of drug-likeness (QED) is 0.375. The van der Waals surface area contributed by atoms with Crippen LogP contribution in [0.25, 0.3) is 0 Å². The highest BCUT2D eigenvalue weighted by Gasteiger charge is 2.48. The minimum atomic E-state index is -0.716. The number of pyridine rings is 1. The van der Waals surface area contributed by atoms with Crippen molar-refractivity contribution >= 4 is 23.2 Å². The Morgan fingerprint density at radius 2 is 1.97 bits per heavy atom. The second kappa shape index (κ2) is 11.5. The molecule has 4 N–H and O–H groups in total. The molecule has 2 heterocycles. The summed E-state index contributed by atoms with van der Waals surface area (Å²) in [4.78, 5) is 35.0. The van der Waals surface area contributed by atoms with Crippen molar-refractivity contribution < 1.29 is 18.7 Å². The van der Waals surface area contributed by atoms with Crippen molar-refractivity contribution in [2.24, 2.45) is 28.5 Å². The Morgan fingerprint density at radius 3 is 2.57 bits per heavy atom. The first kappa shape index (κ1) is 26.3. The lowest BCUT2D eigenvalue weighted by molar-refractivity contribution is -0.124. The average Bonchev–Trinajstić information content (AvgIpc) is 3.79. The predicted molar refractivity (Wildman–Crippen MR) is 137 cm³/mol. The molecule has 0 aromatic carbocycles. The summed E-state index contributed by atoms with van der Waals surface area (Å²) in [6, 6.07) is 0.510. The fourth-order valence-electron chi connectivity index (χ4n) is 4.66. The largest absolute Gasteiger partial charge is 0.481 e. The molecule has 0 radical (unpaired) electrons. The van der Waals surface area contributed by atoms with Crippen molar-refractivity contribution in [1.29, 1.82) is 0 Å². The number of nitrogens with two attached hydrogens (primary N) is 1. The van der Waals surface area contributed by atoms with E-state index in [-0.39, 0.29) is 30.1 Å². The highest BCUT2D eigenvalue weighted by molar-refractivity contribution is 6.43. The Kier molecular flexibility index (Phi) is 8.20. The molecule has 2 saturated carbocycles. The van der Waals surface area contributed by atoms with Gasteiger partial charge in [0.1, 0.15) is 17.6 Å². The number of hydrogen-bond donors (Lipinski definition) is 3. The van der Waals surface area contributed by atoms with Crippen LogP contribution in [-0.4, -0.2) is 51.5 Å². The predicted octanol–water partition coefficient (Wildman–Crippen LogP) is 2.66. The van der Waals surface area contributed by atoms with Gasteiger partial charge in [0, 0.05) is 17.8 Å². The molecule has 2 fully saturated rings. The van der Waals surface area contributed by atoms with Crippen LogP contribution in [0.3, 0.4) is 0 Å². The van der Waals surface area contributed by atoms with E-state index in [4.69, 9.17) is 10.5 Å². The molecule has 0 bridgehead atoms. The molecule has 0 saturated heterocycles. The van der Waals surface area contributed by atoms with E-state index in [1.54, 1.807) is 10.9 Å². The van der Waals surface area contributed by atoms with Gasteiger partial charge in [0.2, 0.25) is 11.8 Å². The average molecular weight is 512 g/mol. The number of carbonyl (C=O) groups is 2. The molecule has 2 amide bonds. The van der Waals surface area contributed by atoms with Crippen LogP contribution in [0.2, 0.25) is 0 Å². The summed E-state index contributed by atoms with van der Waals surface area (Å²) in [5.74, 6) is -0.0302. The van der Waals surface area contributed by atoms with Gasteiger partial charge in [0.15, 0.2) is 0 Å². The minimum absolute atomic E-state index is 0.0591. The van der Waals surface area contributed by atoms with Gasteiger partial charge in [-0.2, -0.15) is 5.10 Å². The van der Waals surface area contributed by atoms with E-state index < -0.39 is 17.8 Å². The van der Waals surface area contributed by atoms with Gasteiger partial charge in [-0.1, -0.05) is 0 Å². The summed E-state index contributed by atoms with van der Waals surface area (Å²) in [6.45, 7) is 3.94. The Labute approximate surface area is 215 Å². The lowest BCUT2D eigenvalue weighted by atomic mass is 9.88. The Morgan fingerprint density at radius 1 is 1.27 bits per heavy atom. The lowest BCUT2D eigenvalue weighted by Gasteiger charge is -2.27.